The number of hydrogen-bond donors (Lipinski definition) is 3. The number of phosphoric acid groups is 2. The molecule has 0 saturated heterocycles. The monoisotopic (exact) mass is 1520 g/mol. The van der Waals surface area contributed by atoms with E-state index in [9.17, 15) is 43.2 Å². The standard InChI is InChI=1S/C85H166O17P2/c1-8-10-11-12-13-14-15-16-17-18-19-20-24-27-30-33-39-44-52-59-66-82(87)95-72-80(101-84(89)68-61-54-45-40-34-31-28-25-22-21-23-26-29-32-37-42-49-56-63-76(3)4)74-99-103(91,92)97-70-79(86)71-98-104(93,94)100-75-81(73-96-83(88)67-60-53-48-47-51-58-65-78(7)9-2)102-85(90)69-62-55-46-41-36-35-38-43-50-57-64-77(5)6/h76-81,86H,8-75H2,1-7H3,(H,91,92)(H,93,94)/t78?,79-,80-,81-/m1/s1. The first-order valence-corrected chi connectivity index (χ1v) is 46.9. The van der Waals surface area contributed by atoms with E-state index in [1.807, 2.05) is 0 Å². The van der Waals surface area contributed by atoms with Crippen LogP contribution in [0.15, 0.2) is 0 Å². The maximum absolute atomic E-state index is 13.1. The normalized spacial score (nSPS) is 14.2. The smallest absolute Gasteiger partial charge is 0.462 e. The second-order valence-corrected chi connectivity index (χ2v) is 34.7. The number of hydrogen-bond acceptors (Lipinski definition) is 15. The van der Waals surface area contributed by atoms with Crippen LogP contribution in [0.25, 0.3) is 0 Å². The minimum absolute atomic E-state index is 0.105. The molecule has 0 aromatic rings. The number of phosphoric ester groups is 2. The van der Waals surface area contributed by atoms with Crippen molar-refractivity contribution in [3.8, 4) is 0 Å². The lowest BCUT2D eigenvalue weighted by atomic mass is 10.00. The number of carbonyl (C=O) groups is 4. The Morgan fingerprint density at radius 2 is 0.490 bits per heavy atom. The van der Waals surface area contributed by atoms with E-state index in [4.69, 9.17) is 37.0 Å². The molecule has 0 aromatic carbocycles. The first-order chi connectivity index (χ1) is 50.3. The Labute approximate surface area is 638 Å². The highest BCUT2D eigenvalue weighted by atomic mass is 31.2. The Hall–Kier alpha value is -1.94. The third-order valence-electron chi connectivity index (χ3n) is 20.2. The van der Waals surface area contributed by atoms with Crippen LogP contribution < -0.4 is 0 Å². The SMILES string of the molecule is CCCCCCCCCCCCCCCCCCCCCCC(=O)OC[C@H](COP(=O)(O)OC[C@@H](O)COP(=O)(O)OC[C@@H](COC(=O)CCCCCCCCC(C)CC)OC(=O)CCCCCCCCCCCCC(C)C)OC(=O)CCCCCCCCCCCCCCCCCCCCC(C)C. The first-order valence-electron chi connectivity index (χ1n) is 43.9. The molecule has 0 fully saturated rings. The summed E-state index contributed by atoms with van der Waals surface area (Å²) >= 11 is 0. The molecule has 0 aliphatic carbocycles. The van der Waals surface area contributed by atoms with Crippen molar-refractivity contribution in [2.24, 2.45) is 17.8 Å². The Morgan fingerprint density at radius 3 is 0.731 bits per heavy atom. The summed E-state index contributed by atoms with van der Waals surface area (Å²) in [6.45, 7) is 11.9. The van der Waals surface area contributed by atoms with Crippen molar-refractivity contribution in [1.82, 2.24) is 0 Å². The summed E-state index contributed by atoms with van der Waals surface area (Å²) < 4.78 is 68.8. The Kier molecular flexibility index (Phi) is 73.7. The molecule has 104 heavy (non-hydrogen) atoms. The number of unbranched alkanes of at least 4 members (excludes halogenated alkanes) is 50. The summed E-state index contributed by atoms with van der Waals surface area (Å²) in [7, 11) is -9.93. The van der Waals surface area contributed by atoms with E-state index >= 15 is 0 Å². The van der Waals surface area contributed by atoms with Crippen molar-refractivity contribution >= 4 is 39.5 Å². The molecule has 0 radical (unpaired) electrons. The highest BCUT2D eigenvalue weighted by Crippen LogP contribution is 2.45. The zero-order valence-corrected chi connectivity index (χ0v) is 70.3. The van der Waals surface area contributed by atoms with Crippen molar-refractivity contribution in [1.29, 1.82) is 0 Å². The summed E-state index contributed by atoms with van der Waals surface area (Å²) in [5, 5.41) is 10.7. The Bertz CT molecular complexity index is 2010. The number of rotatable bonds is 83. The predicted molar refractivity (Wildman–Crippen MR) is 428 cm³/mol. The predicted octanol–water partition coefficient (Wildman–Crippen LogP) is 25.7. The molecular formula is C85H166O17P2. The molecule has 0 rings (SSSR count). The lowest BCUT2D eigenvalue weighted by Crippen LogP contribution is -2.30. The molecule has 19 heteroatoms. The summed E-state index contributed by atoms with van der Waals surface area (Å²) in [5.41, 5.74) is 0. The van der Waals surface area contributed by atoms with Crippen molar-refractivity contribution in [2.75, 3.05) is 39.6 Å². The maximum atomic E-state index is 13.1. The quantitative estimate of drug-likeness (QED) is 0.0222. The fourth-order valence-corrected chi connectivity index (χ4v) is 14.7. The highest BCUT2D eigenvalue weighted by molar-refractivity contribution is 7.47. The summed E-state index contributed by atoms with van der Waals surface area (Å²) in [6.07, 6.45) is 65.5. The van der Waals surface area contributed by atoms with Crippen LogP contribution >= 0.6 is 15.6 Å². The fraction of sp³-hybridized carbons (Fsp3) is 0.953. The van der Waals surface area contributed by atoms with Gasteiger partial charge in [0.05, 0.1) is 26.4 Å². The third kappa shape index (κ3) is 76.8. The van der Waals surface area contributed by atoms with Gasteiger partial charge < -0.3 is 33.8 Å². The Morgan fingerprint density at radius 1 is 0.279 bits per heavy atom. The highest BCUT2D eigenvalue weighted by Gasteiger charge is 2.30. The van der Waals surface area contributed by atoms with E-state index in [1.165, 1.54) is 250 Å². The molecule has 3 N–H and O–H groups in total. The van der Waals surface area contributed by atoms with Crippen molar-refractivity contribution in [2.45, 2.75) is 465 Å². The van der Waals surface area contributed by atoms with Gasteiger partial charge in [-0.25, -0.2) is 9.13 Å². The van der Waals surface area contributed by atoms with Crippen LogP contribution in [0.5, 0.6) is 0 Å². The van der Waals surface area contributed by atoms with E-state index in [1.54, 1.807) is 0 Å². The largest absolute Gasteiger partial charge is 0.472 e. The van der Waals surface area contributed by atoms with Crippen LogP contribution in [-0.4, -0.2) is 96.7 Å². The molecule has 3 unspecified atom stereocenters. The van der Waals surface area contributed by atoms with Gasteiger partial charge in [-0.1, -0.05) is 395 Å². The van der Waals surface area contributed by atoms with Crippen LogP contribution in [0.4, 0.5) is 0 Å². The average molecular weight is 1520 g/mol. The zero-order chi connectivity index (χ0) is 76.5. The van der Waals surface area contributed by atoms with Gasteiger partial charge in [0.2, 0.25) is 0 Å². The van der Waals surface area contributed by atoms with Gasteiger partial charge in [-0.05, 0) is 43.4 Å². The van der Waals surface area contributed by atoms with Gasteiger partial charge in [0.1, 0.15) is 19.3 Å². The van der Waals surface area contributed by atoms with E-state index in [2.05, 4.69) is 48.5 Å². The van der Waals surface area contributed by atoms with Gasteiger partial charge in [0.15, 0.2) is 12.2 Å². The third-order valence-corrected chi connectivity index (χ3v) is 22.1. The minimum Gasteiger partial charge on any atom is -0.462 e. The van der Waals surface area contributed by atoms with Crippen molar-refractivity contribution in [3.63, 3.8) is 0 Å². The average Bonchev–Trinajstić information content (AvgIpc) is 0.903. The van der Waals surface area contributed by atoms with Crippen LogP contribution in [0.3, 0.4) is 0 Å². The second kappa shape index (κ2) is 75.1. The lowest BCUT2D eigenvalue weighted by Gasteiger charge is -2.21. The molecule has 0 aliphatic heterocycles. The molecule has 0 heterocycles. The number of carbonyl (C=O) groups excluding carboxylic acids is 4. The molecule has 17 nitrogen and oxygen atoms in total. The molecule has 6 atom stereocenters. The van der Waals surface area contributed by atoms with Gasteiger partial charge in [0, 0.05) is 25.7 Å². The summed E-state index contributed by atoms with van der Waals surface area (Å²) in [6, 6.07) is 0. The maximum Gasteiger partial charge on any atom is 0.472 e. The number of aliphatic hydroxyl groups is 1. The van der Waals surface area contributed by atoms with Crippen molar-refractivity contribution in [3.05, 3.63) is 0 Å². The lowest BCUT2D eigenvalue weighted by molar-refractivity contribution is -0.161. The van der Waals surface area contributed by atoms with Crippen LogP contribution in [0.2, 0.25) is 0 Å². The molecule has 0 saturated carbocycles. The molecule has 0 spiro atoms. The van der Waals surface area contributed by atoms with E-state index in [-0.39, 0.29) is 25.7 Å². The second-order valence-electron chi connectivity index (χ2n) is 31.8. The minimum atomic E-state index is -4.97. The fourth-order valence-electron chi connectivity index (χ4n) is 13.2. The van der Waals surface area contributed by atoms with Gasteiger partial charge >= 0.3 is 39.5 Å². The zero-order valence-electron chi connectivity index (χ0n) is 68.5. The van der Waals surface area contributed by atoms with Gasteiger partial charge in [-0.15, -0.1) is 0 Å². The summed E-state index contributed by atoms with van der Waals surface area (Å²) in [5.74, 6) is 0.194. The van der Waals surface area contributed by atoms with Crippen LogP contribution in [0, 0.1) is 17.8 Å². The van der Waals surface area contributed by atoms with Gasteiger partial charge in [-0.3, -0.25) is 37.3 Å². The van der Waals surface area contributed by atoms with E-state index < -0.39 is 97.5 Å². The molecule has 0 aliphatic rings. The van der Waals surface area contributed by atoms with Gasteiger partial charge in [-0.2, -0.15) is 0 Å². The number of aliphatic hydroxyl groups excluding tert-OH is 1. The number of ether oxygens (including phenoxy) is 4. The molecular weight excluding hydrogens is 1350 g/mol. The van der Waals surface area contributed by atoms with E-state index in [0.29, 0.717) is 25.7 Å². The van der Waals surface area contributed by atoms with Crippen molar-refractivity contribution < 1.29 is 80.2 Å². The number of esters is 4. The molecule has 0 amide bonds. The molecule has 0 aromatic heterocycles. The first kappa shape index (κ1) is 102. The molecule has 0 bridgehead atoms. The van der Waals surface area contributed by atoms with Gasteiger partial charge in [0.25, 0.3) is 0 Å². The Balaban J connectivity index is 5.22. The topological polar surface area (TPSA) is 237 Å². The van der Waals surface area contributed by atoms with E-state index in [0.717, 1.165) is 114 Å². The molecule has 618 valence electrons. The summed E-state index contributed by atoms with van der Waals surface area (Å²) in [4.78, 5) is 73.1. The van der Waals surface area contributed by atoms with Crippen LogP contribution in [0.1, 0.15) is 447 Å². The van der Waals surface area contributed by atoms with Crippen LogP contribution in [-0.2, 0) is 65.4 Å².